The van der Waals surface area contributed by atoms with E-state index in [1.165, 1.54) is 12.1 Å². The second-order valence-corrected chi connectivity index (χ2v) is 4.72. The Morgan fingerprint density at radius 1 is 1.13 bits per heavy atom. The average Bonchev–Trinajstić information content (AvgIpc) is 2.79. The number of amides is 2. The number of nitro benzene ring substituents is 1. The topological polar surface area (TPSA) is 89.8 Å². The summed E-state index contributed by atoms with van der Waals surface area (Å²) in [5.74, 6) is -2.74. The molecule has 0 N–H and O–H groups in total. The zero-order valence-corrected chi connectivity index (χ0v) is 11.8. The van der Waals surface area contributed by atoms with E-state index in [1.54, 1.807) is 12.1 Å². The Morgan fingerprint density at radius 3 is 2.17 bits per heavy atom. The predicted octanol–water partition coefficient (Wildman–Crippen LogP) is 2.54. The van der Waals surface area contributed by atoms with Gasteiger partial charge in [0.15, 0.2) is 11.6 Å². The number of halogens is 1. The fourth-order valence-corrected chi connectivity index (χ4v) is 2.42. The van der Waals surface area contributed by atoms with Crippen LogP contribution in [-0.2, 0) is 0 Å². The van der Waals surface area contributed by atoms with Crippen molar-refractivity contribution in [1.29, 1.82) is 0 Å². The Balaban J connectivity index is 2.20. The predicted molar refractivity (Wildman–Crippen MR) is 77.2 cm³/mol. The number of imide groups is 1. The van der Waals surface area contributed by atoms with Crippen LogP contribution in [0, 0.1) is 15.9 Å². The van der Waals surface area contributed by atoms with Gasteiger partial charge in [0.1, 0.15) is 5.69 Å². The second kappa shape index (κ2) is 5.16. The van der Waals surface area contributed by atoms with E-state index >= 15 is 0 Å². The number of hydrogen-bond acceptors (Lipinski definition) is 5. The van der Waals surface area contributed by atoms with Gasteiger partial charge in [0.2, 0.25) is 0 Å². The highest BCUT2D eigenvalue weighted by Gasteiger charge is 2.40. The van der Waals surface area contributed by atoms with Crippen LogP contribution in [0.15, 0.2) is 36.4 Å². The van der Waals surface area contributed by atoms with E-state index in [0.717, 1.165) is 19.2 Å². The lowest BCUT2D eigenvalue weighted by Gasteiger charge is -2.15. The van der Waals surface area contributed by atoms with Gasteiger partial charge >= 0.3 is 0 Å². The molecule has 1 heterocycles. The Kier molecular flexibility index (Phi) is 3.29. The summed E-state index contributed by atoms with van der Waals surface area (Å²) in [6, 6.07) is 7.59. The molecule has 1 aliphatic rings. The van der Waals surface area contributed by atoms with Gasteiger partial charge in [-0.15, -0.1) is 0 Å². The van der Waals surface area contributed by atoms with Gasteiger partial charge in [0, 0.05) is 6.07 Å². The third-order valence-electron chi connectivity index (χ3n) is 3.48. The highest BCUT2D eigenvalue weighted by Crippen LogP contribution is 2.38. The maximum atomic E-state index is 13.9. The molecule has 0 unspecified atom stereocenters. The second-order valence-electron chi connectivity index (χ2n) is 4.72. The van der Waals surface area contributed by atoms with Gasteiger partial charge < -0.3 is 4.74 Å². The first-order valence-corrected chi connectivity index (χ1v) is 6.45. The van der Waals surface area contributed by atoms with Crippen LogP contribution in [0.5, 0.6) is 5.75 Å². The van der Waals surface area contributed by atoms with Gasteiger partial charge in [-0.05, 0) is 12.1 Å². The number of benzene rings is 2. The summed E-state index contributed by atoms with van der Waals surface area (Å²) in [5, 5.41) is 11.2. The molecule has 0 bridgehead atoms. The van der Waals surface area contributed by atoms with E-state index in [-0.39, 0.29) is 16.9 Å². The van der Waals surface area contributed by atoms with Crippen LogP contribution in [0.25, 0.3) is 0 Å². The van der Waals surface area contributed by atoms with E-state index in [4.69, 9.17) is 4.74 Å². The van der Waals surface area contributed by atoms with Crippen LogP contribution in [0.4, 0.5) is 15.8 Å². The molecule has 7 nitrogen and oxygen atoms in total. The Morgan fingerprint density at radius 2 is 1.70 bits per heavy atom. The molecule has 2 amide bonds. The minimum absolute atomic E-state index is 0.114. The van der Waals surface area contributed by atoms with E-state index in [2.05, 4.69) is 0 Å². The zero-order chi connectivity index (χ0) is 16.7. The van der Waals surface area contributed by atoms with Crippen molar-refractivity contribution in [2.24, 2.45) is 0 Å². The summed E-state index contributed by atoms with van der Waals surface area (Å²) in [6.45, 7) is 0. The SMILES string of the molecule is COc1cc([N+](=O)[O-])c(N2C(=O)c3ccccc3C2=O)cc1F. The fourth-order valence-electron chi connectivity index (χ4n) is 2.42. The molecule has 116 valence electrons. The molecule has 0 radical (unpaired) electrons. The number of nitro groups is 1. The largest absolute Gasteiger partial charge is 0.493 e. The van der Waals surface area contributed by atoms with Gasteiger partial charge in [-0.3, -0.25) is 19.7 Å². The van der Waals surface area contributed by atoms with Crippen molar-refractivity contribution in [3.63, 3.8) is 0 Å². The number of carbonyl (C=O) groups is 2. The van der Waals surface area contributed by atoms with Crippen molar-refractivity contribution in [3.05, 3.63) is 63.5 Å². The monoisotopic (exact) mass is 316 g/mol. The molecular formula is C15H9FN2O5. The minimum Gasteiger partial charge on any atom is -0.493 e. The number of carbonyl (C=O) groups excluding carboxylic acids is 2. The lowest BCUT2D eigenvalue weighted by molar-refractivity contribution is -0.384. The van der Waals surface area contributed by atoms with Crippen LogP contribution in [-0.4, -0.2) is 23.8 Å². The molecule has 0 aliphatic carbocycles. The van der Waals surface area contributed by atoms with E-state index in [0.29, 0.717) is 4.90 Å². The lowest BCUT2D eigenvalue weighted by atomic mass is 10.1. The first-order chi connectivity index (χ1) is 11.0. The normalized spacial score (nSPS) is 13.2. The maximum Gasteiger partial charge on any atom is 0.297 e. The molecule has 3 rings (SSSR count). The van der Waals surface area contributed by atoms with Crippen LogP contribution < -0.4 is 9.64 Å². The summed E-state index contributed by atoms with van der Waals surface area (Å²) >= 11 is 0. The van der Waals surface area contributed by atoms with Gasteiger partial charge in [-0.2, -0.15) is 0 Å². The summed E-state index contributed by atoms with van der Waals surface area (Å²) in [7, 11) is 1.16. The first-order valence-electron chi connectivity index (χ1n) is 6.45. The summed E-state index contributed by atoms with van der Waals surface area (Å²) in [5.41, 5.74) is -0.802. The molecule has 1 aliphatic heterocycles. The highest BCUT2D eigenvalue weighted by molar-refractivity contribution is 6.35. The molecule has 0 saturated carbocycles. The van der Waals surface area contributed by atoms with Crippen molar-refractivity contribution >= 4 is 23.2 Å². The number of nitrogens with zero attached hydrogens (tertiary/aromatic N) is 2. The van der Waals surface area contributed by atoms with Crippen LogP contribution in [0.1, 0.15) is 20.7 Å². The van der Waals surface area contributed by atoms with Crippen LogP contribution in [0.3, 0.4) is 0 Å². The molecule has 23 heavy (non-hydrogen) atoms. The minimum atomic E-state index is -0.912. The van der Waals surface area contributed by atoms with Gasteiger partial charge in [-0.25, -0.2) is 9.29 Å². The molecule has 0 aromatic heterocycles. The average molecular weight is 316 g/mol. The molecule has 2 aromatic carbocycles. The van der Waals surface area contributed by atoms with Gasteiger partial charge in [-0.1, -0.05) is 12.1 Å². The standard InChI is InChI=1S/C15H9FN2O5/c1-23-13-7-12(18(21)22)11(6-10(13)16)17-14(19)8-4-2-3-5-9(8)15(17)20/h2-7H,1H3. The maximum absolute atomic E-state index is 13.9. The zero-order valence-electron chi connectivity index (χ0n) is 11.8. The Bertz CT molecular complexity index is 830. The quantitative estimate of drug-likeness (QED) is 0.493. The number of methoxy groups -OCH3 is 1. The van der Waals surface area contributed by atoms with E-state index in [9.17, 15) is 24.1 Å². The molecule has 2 aromatic rings. The summed E-state index contributed by atoms with van der Waals surface area (Å²) in [4.78, 5) is 35.8. The van der Waals surface area contributed by atoms with Gasteiger partial charge in [0.25, 0.3) is 17.5 Å². The number of anilines is 1. The summed E-state index contributed by atoms with van der Waals surface area (Å²) in [6.07, 6.45) is 0. The molecular weight excluding hydrogens is 307 g/mol. The fraction of sp³-hybridized carbons (Fsp3) is 0.0667. The van der Waals surface area contributed by atoms with Crippen LogP contribution in [0.2, 0.25) is 0 Å². The third kappa shape index (κ3) is 2.11. The third-order valence-corrected chi connectivity index (χ3v) is 3.48. The number of hydrogen-bond donors (Lipinski definition) is 0. The van der Waals surface area contributed by atoms with Crippen molar-refractivity contribution in [2.45, 2.75) is 0 Å². The van der Waals surface area contributed by atoms with Crippen molar-refractivity contribution < 1.29 is 23.6 Å². The molecule has 0 fully saturated rings. The lowest BCUT2D eigenvalue weighted by Crippen LogP contribution is -2.30. The van der Waals surface area contributed by atoms with E-state index in [1.807, 2.05) is 0 Å². The Labute approximate surface area is 129 Å². The van der Waals surface area contributed by atoms with Crippen LogP contribution >= 0.6 is 0 Å². The molecule has 0 spiro atoms. The number of rotatable bonds is 3. The molecule has 8 heteroatoms. The van der Waals surface area contributed by atoms with E-state index < -0.39 is 33.9 Å². The molecule has 0 saturated heterocycles. The smallest absolute Gasteiger partial charge is 0.297 e. The highest BCUT2D eigenvalue weighted by atomic mass is 19.1. The number of ether oxygens (including phenoxy) is 1. The first kappa shape index (κ1) is 14.6. The van der Waals surface area contributed by atoms with Crippen molar-refractivity contribution in [2.75, 3.05) is 12.0 Å². The summed E-state index contributed by atoms with van der Waals surface area (Å²) < 4.78 is 18.6. The van der Waals surface area contributed by atoms with Crippen molar-refractivity contribution in [3.8, 4) is 5.75 Å². The van der Waals surface area contributed by atoms with Crippen molar-refractivity contribution in [1.82, 2.24) is 0 Å². The molecule has 0 atom stereocenters. The van der Waals surface area contributed by atoms with Gasteiger partial charge in [0.05, 0.1) is 29.2 Å². The number of fused-ring (bicyclic) bond motifs is 1. The Hall–Kier alpha value is -3.29.